The summed E-state index contributed by atoms with van der Waals surface area (Å²) in [5, 5.41) is 10.6. The van der Waals surface area contributed by atoms with E-state index < -0.39 is 0 Å². The first-order valence-corrected chi connectivity index (χ1v) is 7.07. The third-order valence-corrected chi connectivity index (χ3v) is 4.46. The van der Waals surface area contributed by atoms with Crippen molar-refractivity contribution in [2.75, 3.05) is 5.88 Å². The molecule has 1 heterocycles. The minimum Gasteiger partial charge on any atom is -0.143 e. The maximum absolute atomic E-state index is 6.18. The van der Waals surface area contributed by atoms with Crippen LogP contribution in [0.1, 0.15) is 5.01 Å². The second kappa shape index (κ2) is 5.45. The van der Waals surface area contributed by atoms with Gasteiger partial charge in [0.05, 0.1) is 5.02 Å². The molecule has 0 aliphatic carbocycles. The molecule has 1 aromatic heterocycles. The Hall–Kier alpha value is -0.160. The Morgan fingerprint density at radius 2 is 2.12 bits per heavy atom. The molecule has 16 heavy (non-hydrogen) atoms. The van der Waals surface area contributed by atoms with Crippen LogP contribution < -0.4 is 0 Å². The Morgan fingerprint density at radius 1 is 1.31 bits per heavy atom. The lowest BCUT2D eigenvalue weighted by atomic mass is 10.2. The third-order valence-electron chi connectivity index (χ3n) is 1.96. The van der Waals surface area contributed by atoms with Gasteiger partial charge in [-0.1, -0.05) is 35.1 Å². The average Bonchev–Trinajstić information content (AvgIpc) is 2.71. The molecular formula is C10H7BrCl2N2S. The van der Waals surface area contributed by atoms with Crippen LogP contribution >= 0.6 is 50.5 Å². The lowest BCUT2D eigenvalue weighted by Crippen LogP contribution is -1.83. The van der Waals surface area contributed by atoms with Crippen molar-refractivity contribution >= 4 is 50.5 Å². The van der Waals surface area contributed by atoms with Gasteiger partial charge in [0, 0.05) is 22.3 Å². The zero-order valence-electron chi connectivity index (χ0n) is 8.08. The molecule has 0 atom stereocenters. The lowest BCUT2D eigenvalue weighted by Gasteiger charge is -2.00. The lowest BCUT2D eigenvalue weighted by molar-refractivity contribution is 0.990. The topological polar surface area (TPSA) is 25.8 Å². The molecule has 84 valence electrons. The number of alkyl halides is 1. The molecule has 1 aromatic carbocycles. The minimum absolute atomic E-state index is 0.556. The van der Waals surface area contributed by atoms with Crippen LogP contribution in [0.4, 0.5) is 0 Å². The van der Waals surface area contributed by atoms with Crippen molar-refractivity contribution < 1.29 is 0 Å². The van der Waals surface area contributed by atoms with Gasteiger partial charge in [-0.15, -0.1) is 21.8 Å². The molecule has 0 radical (unpaired) electrons. The van der Waals surface area contributed by atoms with E-state index in [9.17, 15) is 0 Å². The molecule has 0 aliphatic heterocycles. The van der Waals surface area contributed by atoms with Crippen LogP contribution in [0.3, 0.4) is 0 Å². The second-order valence-corrected chi connectivity index (χ2v) is 5.71. The first kappa shape index (κ1) is 12.3. The Balaban J connectivity index is 2.39. The van der Waals surface area contributed by atoms with E-state index in [0.717, 1.165) is 26.5 Å². The maximum atomic E-state index is 6.18. The number of nitrogens with zero attached hydrogens (tertiary/aromatic N) is 2. The van der Waals surface area contributed by atoms with Gasteiger partial charge in [0.15, 0.2) is 0 Å². The van der Waals surface area contributed by atoms with Gasteiger partial charge in [-0.2, -0.15) is 0 Å². The summed E-state index contributed by atoms with van der Waals surface area (Å²) in [5.41, 5.74) is 0.898. The van der Waals surface area contributed by atoms with Gasteiger partial charge in [-0.05, 0) is 22.0 Å². The molecule has 2 rings (SSSR count). The molecule has 0 bridgehead atoms. The third kappa shape index (κ3) is 2.56. The van der Waals surface area contributed by atoms with Gasteiger partial charge in [0.25, 0.3) is 0 Å². The summed E-state index contributed by atoms with van der Waals surface area (Å²) in [5.74, 6) is 0.556. The highest BCUT2D eigenvalue weighted by molar-refractivity contribution is 9.10. The summed E-state index contributed by atoms with van der Waals surface area (Å²) in [6.45, 7) is 0. The first-order valence-electron chi connectivity index (χ1n) is 4.55. The van der Waals surface area contributed by atoms with Crippen molar-refractivity contribution in [3.8, 4) is 10.6 Å². The summed E-state index contributed by atoms with van der Waals surface area (Å²) in [6, 6.07) is 5.75. The van der Waals surface area contributed by atoms with E-state index in [0.29, 0.717) is 10.9 Å². The van der Waals surface area contributed by atoms with E-state index in [2.05, 4.69) is 26.1 Å². The summed E-state index contributed by atoms with van der Waals surface area (Å²) in [4.78, 5) is 0. The number of halogens is 3. The Morgan fingerprint density at radius 3 is 2.88 bits per heavy atom. The van der Waals surface area contributed by atoms with Crippen LogP contribution in [-0.4, -0.2) is 16.1 Å². The molecule has 0 N–H and O–H groups in total. The van der Waals surface area contributed by atoms with Gasteiger partial charge in [-0.25, -0.2) is 0 Å². The highest BCUT2D eigenvalue weighted by Crippen LogP contribution is 2.34. The van der Waals surface area contributed by atoms with Crippen LogP contribution in [0.15, 0.2) is 22.7 Å². The fourth-order valence-electron chi connectivity index (χ4n) is 1.21. The monoisotopic (exact) mass is 336 g/mol. The summed E-state index contributed by atoms with van der Waals surface area (Å²) in [6.07, 6.45) is 0.741. The summed E-state index contributed by atoms with van der Waals surface area (Å²) < 4.78 is 0.862. The molecule has 0 unspecified atom stereocenters. The largest absolute Gasteiger partial charge is 0.149 e. The summed E-state index contributed by atoms with van der Waals surface area (Å²) >= 11 is 16.7. The highest BCUT2D eigenvalue weighted by Gasteiger charge is 2.11. The zero-order valence-corrected chi connectivity index (χ0v) is 12.0. The Bertz CT molecular complexity index is 501. The molecule has 0 fully saturated rings. The van der Waals surface area contributed by atoms with Gasteiger partial charge < -0.3 is 0 Å². The minimum atomic E-state index is 0.556. The molecule has 0 saturated heterocycles. The first-order chi connectivity index (χ1) is 7.72. The SMILES string of the molecule is ClCCc1nnc(-c2cccc(Br)c2Cl)s1. The van der Waals surface area contributed by atoms with Gasteiger partial charge in [0.1, 0.15) is 10.0 Å². The van der Waals surface area contributed by atoms with Crippen LogP contribution in [0, 0.1) is 0 Å². The van der Waals surface area contributed by atoms with E-state index in [1.807, 2.05) is 18.2 Å². The highest BCUT2D eigenvalue weighted by atomic mass is 79.9. The smallest absolute Gasteiger partial charge is 0.143 e. The molecular weight excluding hydrogens is 331 g/mol. The number of rotatable bonds is 3. The Labute approximate surface area is 116 Å². The Kier molecular flexibility index (Phi) is 4.19. The predicted octanol–water partition coefficient (Wildman–Crippen LogP) is 4.40. The summed E-state index contributed by atoms with van der Waals surface area (Å²) in [7, 11) is 0. The second-order valence-electron chi connectivity index (χ2n) is 3.04. The fourth-order valence-corrected chi connectivity index (χ4v) is 3.01. The molecule has 0 aliphatic rings. The molecule has 0 spiro atoms. The normalized spacial score (nSPS) is 10.7. The quantitative estimate of drug-likeness (QED) is 0.775. The average molecular weight is 338 g/mol. The van der Waals surface area contributed by atoms with Gasteiger partial charge in [0.2, 0.25) is 0 Å². The van der Waals surface area contributed by atoms with E-state index in [4.69, 9.17) is 23.2 Å². The predicted molar refractivity (Wildman–Crippen MR) is 72.5 cm³/mol. The fraction of sp³-hybridized carbons (Fsp3) is 0.200. The van der Waals surface area contributed by atoms with E-state index in [1.165, 1.54) is 11.3 Å². The van der Waals surface area contributed by atoms with Crippen LogP contribution in [0.25, 0.3) is 10.6 Å². The van der Waals surface area contributed by atoms with Crippen molar-refractivity contribution in [2.24, 2.45) is 0 Å². The van der Waals surface area contributed by atoms with Crippen molar-refractivity contribution in [2.45, 2.75) is 6.42 Å². The maximum Gasteiger partial charge on any atom is 0.149 e. The number of aryl methyl sites for hydroxylation is 1. The van der Waals surface area contributed by atoms with E-state index >= 15 is 0 Å². The van der Waals surface area contributed by atoms with E-state index in [1.54, 1.807) is 0 Å². The van der Waals surface area contributed by atoms with Gasteiger partial charge >= 0.3 is 0 Å². The molecule has 0 amide bonds. The molecule has 0 saturated carbocycles. The van der Waals surface area contributed by atoms with Crippen molar-refractivity contribution in [1.82, 2.24) is 10.2 Å². The van der Waals surface area contributed by atoms with Crippen LogP contribution in [0.5, 0.6) is 0 Å². The standard InChI is InChI=1S/C10H7BrCl2N2S/c11-7-3-1-2-6(9(7)13)10-15-14-8(16-10)4-5-12/h1-3H,4-5H2. The van der Waals surface area contributed by atoms with Crippen molar-refractivity contribution in [3.63, 3.8) is 0 Å². The number of hydrogen-bond acceptors (Lipinski definition) is 3. The van der Waals surface area contributed by atoms with Crippen molar-refractivity contribution in [1.29, 1.82) is 0 Å². The molecule has 2 aromatic rings. The zero-order chi connectivity index (χ0) is 11.5. The molecule has 2 nitrogen and oxygen atoms in total. The van der Waals surface area contributed by atoms with Crippen molar-refractivity contribution in [3.05, 3.63) is 32.7 Å². The van der Waals surface area contributed by atoms with Crippen LogP contribution in [-0.2, 0) is 6.42 Å². The molecule has 6 heteroatoms. The number of aromatic nitrogens is 2. The number of benzene rings is 1. The number of hydrogen-bond donors (Lipinski definition) is 0. The van der Waals surface area contributed by atoms with Crippen LogP contribution in [0.2, 0.25) is 5.02 Å². The van der Waals surface area contributed by atoms with E-state index in [-0.39, 0.29) is 0 Å². The van der Waals surface area contributed by atoms with Gasteiger partial charge in [-0.3, -0.25) is 0 Å².